The van der Waals surface area contributed by atoms with Crippen LogP contribution in [0.25, 0.3) is 0 Å². The van der Waals surface area contributed by atoms with Crippen LogP contribution < -0.4 is 0 Å². The highest BCUT2D eigenvalue weighted by molar-refractivity contribution is 9.09. The van der Waals surface area contributed by atoms with E-state index in [2.05, 4.69) is 15.9 Å². The standard InChI is InChI=1S/C8H13BrO4/c1-3-5(9)8(4-2,6(10)11)7(12)13/h5H,3-4H2,1-2H3,(H,10,11)(H,12,13). The van der Waals surface area contributed by atoms with E-state index in [1.807, 2.05) is 0 Å². The van der Waals surface area contributed by atoms with Crippen molar-refractivity contribution in [2.75, 3.05) is 0 Å². The van der Waals surface area contributed by atoms with Gasteiger partial charge < -0.3 is 10.2 Å². The van der Waals surface area contributed by atoms with E-state index in [9.17, 15) is 9.59 Å². The molecule has 0 aromatic carbocycles. The van der Waals surface area contributed by atoms with Crippen molar-refractivity contribution in [3.8, 4) is 0 Å². The third kappa shape index (κ3) is 2.02. The zero-order valence-electron chi connectivity index (χ0n) is 7.58. The lowest BCUT2D eigenvalue weighted by Crippen LogP contribution is -2.45. The van der Waals surface area contributed by atoms with Gasteiger partial charge >= 0.3 is 11.9 Å². The fraction of sp³-hybridized carbons (Fsp3) is 0.750. The second-order valence-electron chi connectivity index (χ2n) is 2.81. The van der Waals surface area contributed by atoms with Crippen molar-refractivity contribution in [2.45, 2.75) is 31.5 Å². The molecule has 1 unspecified atom stereocenters. The second-order valence-corrected chi connectivity index (χ2v) is 3.92. The molecule has 13 heavy (non-hydrogen) atoms. The van der Waals surface area contributed by atoms with Gasteiger partial charge in [0.2, 0.25) is 0 Å². The number of carbonyl (C=O) groups is 2. The summed E-state index contributed by atoms with van der Waals surface area (Å²) in [6.07, 6.45) is 0.536. The predicted octanol–water partition coefficient (Wildman–Crippen LogP) is 1.73. The van der Waals surface area contributed by atoms with Gasteiger partial charge in [-0.05, 0) is 12.8 Å². The minimum absolute atomic E-state index is 0.0709. The molecule has 0 aliphatic rings. The summed E-state index contributed by atoms with van der Waals surface area (Å²) in [5.74, 6) is -2.57. The minimum atomic E-state index is -1.70. The predicted molar refractivity (Wildman–Crippen MR) is 51.0 cm³/mol. The van der Waals surface area contributed by atoms with E-state index in [-0.39, 0.29) is 6.42 Å². The van der Waals surface area contributed by atoms with E-state index >= 15 is 0 Å². The first kappa shape index (κ1) is 12.4. The number of aliphatic carboxylic acids is 2. The number of hydrogen-bond donors (Lipinski definition) is 2. The molecule has 0 fully saturated rings. The average molecular weight is 253 g/mol. The zero-order chi connectivity index (χ0) is 10.6. The number of halogens is 1. The van der Waals surface area contributed by atoms with Crippen molar-refractivity contribution >= 4 is 27.9 Å². The monoisotopic (exact) mass is 252 g/mol. The molecule has 2 N–H and O–H groups in total. The maximum Gasteiger partial charge on any atom is 0.322 e. The SMILES string of the molecule is CCC(Br)C(CC)(C(=O)O)C(=O)O. The highest BCUT2D eigenvalue weighted by Gasteiger charge is 2.49. The largest absolute Gasteiger partial charge is 0.480 e. The van der Waals surface area contributed by atoms with Gasteiger partial charge in [0.05, 0.1) is 0 Å². The van der Waals surface area contributed by atoms with Gasteiger partial charge in [-0.3, -0.25) is 9.59 Å². The highest BCUT2D eigenvalue weighted by Crippen LogP contribution is 2.34. The lowest BCUT2D eigenvalue weighted by molar-refractivity contribution is -0.164. The first-order valence-corrected chi connectivity index (χ1v) is 4.95. The minimum Gasteiger partial charge on any atom is -0.480 e. The van der Waals surface area contributed by atoms with Gasteiger partial charge in [0.1, 0.15) is 0 Å². The van der Waals surface area contributed by atoms with E-state index < -0.39 is 22.2 Å². The first-order valence-electron chi connectivity index (χ1n) is 4.04. The molecule has 5 heteroatoms. The summed E-state index contributed by atoms with van der Waals surface area (Å²) in [6.45, 7) is 3.31. The van der Waals surface area contributed by atoms with Gasteiger partial charge in [-0.2, -0.15) is 0 Å². The average Bonchev–Trinajstić information content (AvgIpc) is 2.04. The van der Waals surface area contributed by atoms with Crippen molar-refractivity contribution in [3.05, 3.63) is 0 Å². The molecule has 0 radical (unpaired) electrons. The molecule has 0 saturated heterocycles. The fourth-order valence-electron chi connectivity index (χ4n) is 1.23. The molecular formula is C8H13BrO4. The third-order valence-corrected chi connectivity index (χ3v) is 3.64. The molecule has 0 saturated carbocycles. The van der Waals surface area contributed by atoms with Crippen LogP contribution in [0.5, 0.6) is 0 Å². The Morgan fingerprint density at radius 1 is 1.31 bits per heavy atom. The van der Waals surface area contributed by atoms with Crippen LogP contribution >= 0.6 is 15.9 Å². The van der Waals surface area contributed by atoms with Gasteiger partial charge in [0.15, 0.2) is 5.41 Å². The van der Waals surface area contributed by atoms with E-state index in [4.69, 9.17) is 10.2 Å². The van der Waals surface area contributed by atoms with E-state index in [0.29, 0.717) is 6.42 Å². The van der Waals surface area contributed by atoms with Crippen LogP contribution in [0.2, 0.25) is 0 Å². The van der Waals surface area contributed by atoms with Crippen molar-refractivity contribution in [1.82, 2.24) is 0 Å². The molecule has 0 bridgehead atoms. The highest BCUT2D eigenvalue weighted by atomic mass is 79.9. The maximum absolute atomic E-state index is 10.9. The lowest BCUT2D eigenvalue weighted by atomic mass is 9.81. The summed E-state index contributed by atoms with van der Waals surface area (Å²) in [5, 5.41) is 17.8. The van der Waals surface area contributed by atoms with Crippen LogP contribution in [0, 0.1) is 5.41 Å². The number of rotatable bonds is 5. The number of alkyl halides is 1. The number of hydrogen-bond acceptors (Lipinski definition) is 2. The van der Waals surface area contributed by atoms with Crippen LogP contribution in [0.15, 0.2) is 0 Å². The summed E-state index contributed by atoms with van der Waals surface area (Å²) in [6, 6.07) is 0. The Balaban J connectivity index is 5.10. The molecule has 0 aliphatic carbocycles. The Hall–Kier alpha value is -0.580. The molecule has 76 valence electrons. The smallest absolute Gasteiger partial charge is 0.322 e. The van der Waals surface area contributed by atoms with Gasteiger partial charge in [0.25, 0.3) is 0 Å². The van der Waals surface area contributed by atoms with Crippen LogP contribution in [-0.2, 0) is 9.59 Å². The number of carboxylic acids is 2. The fourth-order valence-corrected chi connectivity index (χ4v) is 1.95. The van der Waals surface area contributed by atoms with Crippen molar-refractivity contribution in [3.63, 3.8) is 0 Å². The first-order chi connectivity index (χ1) is 5.93. The number of carboxylic acid groups (broad SMARTS) is 2. The molecule has 0 heterocycles. The second kappa shape index (κ2) is 4.60. The molecular weight excluding hydrogens is 240 g/mol. The van der Waals surface area contributed by atoms with Crippen molar-refractivity contribution in [1.29, 1.82) is 0 Å². The van der Waals surface area contributed by atoms with Gasteiger partial charge in [-0.25, -0.2) is 0 Å². The van der Waals surface area contributed by atoms with Crippen LogP contribution in [0.3, 0.4) is 0 Å². The third-order valence-electron chi connectivity index (χ3n) is 2.21. The maximum atomic E-state index is 10.9. The quantitative estimate of drug-likeness (QED) is 0.578. The summed E-state index contributed by atoms with van der Waals surface area (Å²) >= 11 is 3.10. The molecule has 0 rings (SSSR count). The molecule has 1 atom stereocenters. The zero-order valence-corrected chi connectivity index (χ0v) is 9.17. The molecule has 0 amide bonds. The summed E-state index contributed by atoms with van der Waals surface area (Å²) in [4.78, 5) is 21.2. The summed E-state index contributed by atoms with van der Waals surface area (Å²) in [5.41, 5.74) is -1.70. The van der Waals surface area contributed by atoms with Crippen LogP contribution in [0.4, 0.5) is 0 Å². The summed E-state index contributed by atoms with van der Waals surface area (Å²) < 4.78 is 0. The van der Waals surface area contributed by atoms with E-state index in [1.165, 1.54) is 0 Å². The molecule has 4 nitrogen and oxygen atoms in total. The topological polar surface area (TPSA) is 74.6 Å². The Bertz CT molecular complexity index is 200. The van der Waals surface area contributed by atoms with Crippen LogP contribution in [0.1, 0.15) is 26.7 Å². The van der Waals surface area contributed by atoms with Gasteiger partial charge in [-0.1, -0.05) is 29.8 Å². The Morgan fingerprint density at radius 3 is 1.77 bits per heavy atom. The molecule has 0 aromatic heterocycles. The van der Waals surface area contributed by atoms with Crippen molar-refractivity contribution < 1.29 is 19.8 Å². The summed E-state index contributed by atoms with van der Waals surface area (Å²) in [7, 11) is 0. The normalized spacial score (nSPS) is 13.8. The lowest BCUT2D eigenvalue weighted by Gasteiger charge is -2.27. The molecule has 0 aliphatic heterocycles. The molecule has 0 spiro atoms. The van der Waals surface area contributed by atoms with E-state index in [0.717, 1.165) is 0 Å². The Kier molecular flexibility index (Phi) is 4.39. The van der Waals surface area contributed by atoms with Crippen LogP contribution in [-0.4, -0.2) is 27.0 Å². The Labute approximate surface area is 85.1 Å². The van der Waals surface area contributed by atoms with Gasteiger partial charge in [-0.15, -0.1) is 0 Å². The van der Waals surface area contributed by atoms with E-state index in [1.54, 1.807) is 13.8 Å². The van der Waals surface area contributed by atoms with Gasteiger partial charge in [0, 0.05) is 4.83 Å². The van der Waals surface area contributed by atoms with Crippen molar-refractivity contribution in [2.24, 2.45) is 5.41 Å². The molecule has 0 aromatic rings. The Morgan fingerprint density at radius 2 is 1.69 bits per heavy atom.